The van der Waals surface area contributed by atoms with Crippen LogP contribution in [0, 0.1) is 80.8 Å². The molecule has 8 aliphatic rings. The van der Waals surface area contributed by atoms with Crippen LogP contribution in [0.15, 0.2) is 0 Å². The molecule has 372 valence electrons. The molecule has 8 fully saturated rings. The van der Waals surface area contributed by atoms with E-state index in [2.05, 4.69) is 27.7 Å². The number of hydrogen-bond donors (Lipinski definition) is 1. The van der Waals surface area contributed by atoms with Gasteiger partial charge in [-0.3, -0.25) is 14.4 Å². The molecule has 15 atom stereocenters. The van der Waals surface area contributed by atoms with Crippen LogP contribution in [0.4, 0.5) is 0 Å². The third-order valence-corrected chi connectivity index (χ3v) is 19.3. The van der Waals surface area contributed by atoms with E-state index in [1.54, 1.807) is 13.8 Å². The predicted octanol–water partition coefficient (Wildman–Crippen LogP) is 13.4. The fraction of sp³-hybridized carbons (Fsp3) is 0.946. The summed E-state index contributed by atoms with van der Waals surface area (Å²) in [5.74, 6) is 4.57. The molecule has 0 amide bonds. The summed E-state index contributed by atoms with van der Waals surface area (Å²) in [4.78, 5) is 46.6. The van der Waals surface area contributed by atoms with Crippen molar-refractivity contribution in [2.24, 2.45) is 80.8 Å². The number of ketones is 3. The van der Waals surface area contributed by atoms with Crippen LogP contribution >= 0.6 is 0 Å². The average Bonchev–Trinajstić information content (AvgIpc) is 3.72. The van der Waals surface area contributed by atoms with Gasteiger partial charge in [-0.05, 0) is 248 Å². The average molecular weight is 923 g/mol. The first-order chi connectivity index (χ1) is 29.2. The second-order valence-electron chi connectivity index (χ2n) is 25.7. The summed E-state index contributed by atoms with van der Waals surface area (Å²) in [5.41, 5.74) is 0.0820. The topological polar surface area (TPSA) is 99.1 Å². The Balaban J connectivity index is 0.000000339. The van der Waals surface area contributed by atoms with Crippen LogP contribution < -0.4 is 0 Å². The normalized spacial score (nSPS) is 44.2. The first-order valence-corrected chi connectivity index (χ1v) is 25.8. The summed E-state index contributed by atoms with van der Waals surface area (Å²) in [7, 11) is 0. The zero-order chi connectivity index (χ0) is 48.3. The van der Waals surface area contributed by atoms with Crippen LogP contribution in [0.3, 0.4) is 0 Å². The molecule has 0 spiro atoms. The van der Waals surface area contributed by atoms with Crippen LogP contribution in [-0.2, 0) is 27.9 Å². The van der Waals surface area contributed by atoms with E-state index >= 15 is 0 Å². The van der Waals surface area contributed by atoms with E-state index in [1.165, 1.54) is 35.9 Å². The summed E-state index contributed by atoms with van der Waals surface area (Å²) in [6.07, 6.45) is 17.6. The second-order valence-corrected chi connectivity index (χ2v) is 26.0. The van der Waals surface area contributed by atoms with E-state index < -0.39 is 11.8 Å². The molecular weight excluding hydrogens is 819 g/mol. The van der Waals surface area contributed by atoms with Crippen LogP contribution in [0.1, 0.15) is 237 Å². The molecular formula is C56H102AlLiO7. The summed E-state index contributed by atoms with van der Waals surface area (Å²) in [6.45, 7) is 30.9. The fourth-order valence-electron chi connectivity index (χ4n) is 15.3. The van der Waals surface area contributed by atoms with Crippen LogP contribution in [0.5, 0.6) is 0 Å². The zero-order valence-corrected chi connectivity index (χ0v) is 44.9. The van der Waals surface area contributed by atoms with Gasteiger partial charge in [0.2, 0.25) is 0 Å². The maximum atomic E-state index is 12.2. The monoisotopic (exact) mass is 923 g/mol. The molecule has 65 heavy (non-hydrogen) atoms. The van der Waals surface area contributed by atoms with Gasteiger partial charge in [0.25, 0.3) is 0 Å². The first kappa shape index (κ1) is 57.6. The van der Waals surface area contributed by atoms with Gasteiger partial charge in [-0.1, -0.05) is 42.5 Å². The molecule has 0 aromatic heterocycles. The van der Waals surface area contributed by atoms with Crippen molar-refractivity contribution < 1.29 is 35.8 Å². The number of hydrogen-bond acceptors (Lipinski definition) is 7. The molecule has 7 nitrogen and oxygen atoms in total. The number of carbonyl (C=O) groups is 3. The van der Waals surface area contributed by atoms with Gasteiger partial charge < -0.3 is 8.90 Å². The van der Waals surface area contributed by atoms with Gasteiger partial charge in [-0.25, -0.2) is 9.78 Å². The van der Waals surface area contributed by atoms with Crippen molar-refractivity contribution in [2.75, 3.05) is 0 Å². The number of carbonyl (C=O) groups excluding carboxylic acids is 3. The Morgan fingerprint density at radius 1 is 0.585 bits per heavy atom. The van der Waals surface area contributed by atoms with Crippen LogP contribution in [0.2, 0.25) is 0 Å². The van der Waals surface area contributed by atoms with Crippen molar-refractivity contribution in [3.63, 3.8) is 0 Å². The largest absolute Gasteiger partial charge is 0.506 e. The minimum absolute atomic E-state index is 0. The molecule has 0 aromatic rings. The fourth-order valence-corrected chi connectivity index (χ4v) is 15.3. The van der Waals surface area contributed by atoms with Crippen LogP contribution in [-0.4, -0.2) is 80.8 Å². The van der Waals surface area contributed by atoms with Crippen molar-refractivity contribution in [1.29, 1.82) is 0 Å². The number of rotatable bonds is 3. The van der Waals surface area contributed by atoms with Crippen molar-refractivity contribution in [3.8, 4) is 0 Å². The van der Waals surface area contributed by atoms with E-state index in [9.17, 15) is 19.5 Å². The van der Waals surface area contributed by atoms with Gasteiger partial charge in [0, 0.05) is 51.9 Å². The number of aliphatic hydroxyl groups is 1. The van der Waals surface area contributed by atoms with Crippen LogP contribution in [0.25, 0.3) is 0 Å². The first-order valence-electron chi connectivity index (χ1n) is 26.2. The number of fused-ring (bicyclic) bond motifs is 10. The molecule has 8 saturated carbocycles. The molecule has 0 saturated heterocycles. The van der Waals surface area contributed by atoms with E-state index in [1.807, 2.05) is 62.3 Å². The van der Waals surface area contributed by atoms with Gasteiger partial charge in [0.05, 0.1) is 17.3 Å². The minimum Gasteiger partial charge on any atom is -0.506 e. The molecule has 0 unspecified atom stereocenters. The summed E-state index contributed by atoms with van der Waals surface area (Å²) in [6, 6.07) is 0. The summed E-state index contributed by atoms with van der Waals surface area (Å²) < 4.78 is 23.2. The van der Waals surface area contributed by atoms with E-state index in [0.717, 1.165) is 77.0 Å². The van der Waals surface area contributed by atoms with Crippen molar-refractivity contribution >= 4 is 52.8 Å². The Kier molecular flexibility index (Phi) is 20.4. The van der Waals surface area contributed by atoms with Gasteiger partial charge >= 0.3 is 16.6 Å². The van der Waals surface area contributed by atoms with E-state index in [0.29, 0.717) is 72.1 Å². The van der Waals surface area contributed by atoms with Gasteiger partial charge in [-0.15, -0.1) is 0 Å². The quantitative estimate of drug-likeness (QED) is 0.171. The van der Waals surface area contributed by atoms with Gasteiger partial charge in [-0.2, -0.15) is 0 Å². The van der Waals surface area contributed by atoms with Gasteiger partial charge in [0.15, 0.2) is 0 Å². The zero-order valence-electron chi connectivity index (χ0n) is 45.5. The molecule has 9 heteroatoms. The molecule has 2 radical (unpaired) electrons. The molecule has 0 aliphatic heterocycles. The van der Waals surface area contributed by atoms with Crippen molar-refractivity contribution in [3.05, 3.63) is 0 Å². The summed E-state index contributed by atoms with van der Waals surface area (Å²) in [5, 5.41) is 10.2. The van der Waals surface area contributed by atoms with Crippen molar-refractivity contribution in [2.45, 2.75) is 257 Å². The van der Waals surface area contributed by atoms with E-state index in [-0.39, 0.29) is 90.1 Å². The number of Topliss-reactive ketones (excluding diaryl/α,β-unsaturated/α-hetero) is 3. The Hall–Kier alpha value is -0.0201. The van der Waals surface area contributed by atoms with E-state index in [4.69, 9.17) is 16.3 Å². The second kappa shape index (κ2) is 23.0. The summed E-state index contributed by atoms with van der Waals surface area (Å²) >= 11 is 1.54. The molecule has 8 rings (SSSR count). The molecule has 1 N–H and O–H groups in total. The third-order valence-electron chi connectivity index (χ3n) is 18.5. The molecule has 8 aliphatic carbocycles. The van der Waals surface area contributed by atoms with Crippen molar-refractivity contribution in [1.82, 2.24) is 0 Å². The Bertz CT molecular complexity index is 1660. The Morgan fingerprint density at radius 3 is 1.34 bits per heavy atom. The SMILES string of the molecule is C.C.CC(C)(C)OOC(C)(C)C.CC(C)(C)[O][AlH].[2H][C@]12CC[C@H]3[C@@H]4CC[C@H](C(C)=O)[C@@]4(C)CC[C@@H]3[C@@]1(C)CCC(=O)C2.[2H][C@]12CC[C@H]3[C@@H]4CC[C@H](C(C)=O)[C@@]4(C)CC[C@@H]3[C@@]1(C)CC[C@@H](O)C2.[Li]. The number of aliphatic hydroxyl groups excluding tert-OH is 1. The molecule has 0 bridgehead atoms. The molecule has 0 aromatic carbocycles. The third kappa shape index (κ3) is 13.7. The minimum atomic E-state index is -0.532. The smallest absolute Gasteiger partial charge is 0.394 e. The molecule has 0 heterocycles. The van der Waals surface area contributed by atoms with Gasteiger partial charge in [0.1, 0.15) is 17.3 Å². The predicted molar refractivity (Wildman–Crippen MR) is 272 cm³/mol. The Labute approximate surface area is 424 Å². The maximum Gasteiger partial charge on any atom is 0.394 e. The maximum absolute atomic E-state index is 12.2. The Morgan fingerprint density at radius 2 is 0.954 bits per heavy atom. The standard InChI is InChI=1S/C21H34O2.C21H32O2.C8H18O2.C4H9O.2CH4.Al.Li.H/c2*1-13(22)17-6-7-18-16-5-4-14-12-15(23)8-10-20(14,2)19(16)9-11-21(17,18)3;1-7(2,3)9-10-8(4,5)6;1-4(2,3)5;;;;;/h14-19,23H,4-12H2,1-3H3;14,16-19H,4-12H2,1-3H3;1-6H3;1-3H3;2*1H4;;;/q;;;-1;;;+1;;/t14-,15-,16+,17-,18+,19+,20+,21-;14-,16+,17-,18+,19+,20+,21-;;;;;;;/m11......./s1/i2*14D;;;;;;;.